The molecule has 0 saturated heterocycles. The Morgan fingerprint density at radius 1 is 1.13 bits per heavy atom. The van der Waals surface area contributed by atoms with Crippen molar-refractivity contribution in [2.45, 2.75) is 25.8 Å². The van der Waals surface area contributed by atoms with Gasteiger partial charge in [-0.2, -0.15) is 0 Å². The molecule has 0 fully saturated rings. The first-order valence-electron chi connectivity index (χ1n) is 5.16. The molecule has 0 spiro atoms. The number of nitrogens with two attached hydrogens (primary N) is 1. The van der Waals surface area contributed by atoms with Crippen LogP contribution in [0.3, 0.4) is 0 Å². The van der Waals surface area contributed by atoms with Crippen molar-refractivity contribution in [2.24, 2.45) is 5.73 Å². The molecule has 78 valence electrons. The highest BCUT2D eigenvalue weighted by Crippen LogP contribution is 2.17. The summed E-state index contributed by atoms with van der Waals surface area (Å²) in [6.07, 6.45) is 1.82. The summed E-state index contributed by atoms with van der Waals surface area (Å²) in [5.41, 5.74) is 8.67. The summed E-state index contributed by atoms with van der Waals surface area (Å²) in [4.78, 5) is 8.92. The van der Waals surface area contributed by atoms with Crippen LogP contribution in [0, 0.1) is 0 Å². The lowest BCUT2D eigenvalue weighted by molar-refractivity contribution is 0.598. The van der Waals surface area contributed by atoms with Crippen LogP contribution in [0.4, 0.5) is 0 Å². The van der Waals surface area contributed by atoms with E-state index in [2.05, 4.69) is 16.9 Å². The van der Waals surface area contributed by atoms with E-state index in [1.807, 2.05) is 37.4 Å². The first-order chi connectivity index (χ1) is 7.18. The maximum Gasteiger partial charge on any atom is 0.0890 e. The minimum Gasteiger partial charge on any atom is -0.327 e. The minimum absolute atomic E-state index is 0.0977. The number of hydrogen-bond donors (Lipinski definition) is 1. The van der Waals surface area contributed by atoms with E-state index in [9.17, 15) is 0 Å². The number of rotatable bonds is 2. The molecular weight excluding hydrogens is 186 g/mol. The van der Waals surface area contributed by atoms with Crippen molar-refractivity contribution in [3.8, 4) is 0 Å². The lowest BCUT2D eigenvalue weighted by Gasteiger charge is -2.14. The van der Waals surface area contributed by atoms with E-state index >= 15 is 0 Å². The molecule has 0 radical (unpaired) electrons. The predicted molar refractivity (Wildman–Crippen MR) is 61.6 cm³/mol. The monoisotopic (exact) mass is 201 g/mol. The Morgan fingerprint density at radius 3 is 2.47 bits per heavy atom. The molecule has 1 heterocycles. The van der Waals surface area contributed by atoms with E-state index in [1.165, 1.54) is 0 Å². The van der Waals surface area contributed by atoms with Crippen LogP contribution in [-0.2, 0) is 0 Å². The normalized spacial score (nSPS) is 15.1. The number of fused-ring (bicyclic) bond motifs is 1. The van der Waals surface area contributed by atoms with Gasteiger partial charge < -0.3 is 5.73 Å². The van der Waals surface area contributed by atoms with Gasteiger partial charge in [0.1, 0.15) is 0 Å². The molecule has 2 atom stereocenters. The molecule has 2 N–H and O–H groups in total. The largest absolute Gasteiger partial charge is 0.327 e. The Labute approximate surface area is 89.4 Å². The Hall–Kier alpha value is -1.48. The van der Waals surface area contributed by atoms with Gasteiger partial charge in [0.2, 0.25) is 0 Å². The second-order valence-corrected chi connectivity index (χ2v) is 3.93. The molecule has 2 rings (SSSR count). The average Bonchev–Trinajstić information content (AvgIpc) is 2.27. The van der Waals surface area contributed by atoms with Crippen molar-refractivity contribution in [2.75, 3.05) is 0 Å². The molecule has 2 aromatic rings. The summed E-state index contributed by atoms with van der Waals surface area (Å²) in [6.45, 7) is 4.06. The van der Waals surface area contributed by atoms with Crippen molar-refractivity contribution in [3.63, 3.8) is 0 Å². The molecule has 1 aromatic heterocycles. The number of benzene rings is 1. The fourth-order valence-electron chi connectivity index (χ4n) is 1.46. The van der Waals surface area contributed by atoms with E-state index in [1.54, 1.807) is 0 Å². The van der Waals surface area contributed by atoms with Gasteiger partial charge >= 0.3 is 0 Å². The van der Waals surface area contributed by atoms with Gasteiger partial charge in [0.15, 0.2) is 0 Å². The highest BCUT2D eigenvalue weighted by Gasteiger charge is 2.12. The van der Waals surface area contributed by atoms with Gasteiger partial charge in [-0.25, -0.2) is 4.98 Å². The van der Waals surface area contributed by atoms with Crippen molar-refractivity contribution < 1.29 is 0 Å². The molecule has 1 aromatic carbocycles. The van der Waals surface area contributed by atoms with Crippen molar-refractivity contribution >= 4 is 11.0 Å². The molecular formula is C12H15N3. The van der Waals surface area contributed by atoms with Crippen LogP contribution < -0.4 is 5.73 Å². The van der Waals surface area contributed by atoms with Gasteiger partial charge in [-0.3, -0.25) is 4.98 Å². The molecule has 15 heavy (non-hydrogen) atoms. The summed E-state index contributed by atoms with van der Waals surface area (Å²) >= 11 is 0. The molecule has 0 aliphatic carbocycles. The van der Waals surface area contributed by atoms with Gasteiger partial charge in [0.05, 0.1) is 16.7 Å². The van der Waals surface area contributed by atoms with E-state index < -0.39 is 0 Å². The first-order valence-corrected chi connectivity index (χ1v) is 5.16. The van der Waals surface area contributed by atoms with Gasteiger partial charge in [0.25, 0.3) is 0 Å². The van der Waals surface area contributed by atoms with Gasteiger partial charge in [-0.15, -0.1) is 0 Å². The zero-order valence-electron chi connectivity index (χ0n) is 9.01. The summed E-state index contributed by atoms with van der Waals surface area (Å²) in [6, 6.07) is 7.96. The van der Waals surface area contributed by atoms with Gasteiger partial charge in [-0.05, 0) is 19.1 Å². The summed E-state index contributed by atoms with van der Waals surface area (Å²) in [5.74, 6) is 0.238. The first kappa shape index (κ1) is 10.1. The zero-order chi connectivity index (χ0) is 10.8. The topological polar surface area (TPSA) is 51.8 Å². The zero-order valence-corrected chi connectivity index (χ0v) is 9.01. The second kappa shape index (κ2) is 3.95. The standard InChI is InChI=1S/C12H15N3/c1-8(9(2)13)12-7-14-10-5-3-4-6-11(10)15-12/h3-9H,13H2,1-2H3. The number of nitrogens with zero attached hydrogens (tertiary/aromatic N) is 2. The lowest BCUT2D eigenvalue weighted by atomic mass is 10.0. The summed E-state index contributed by atoms with van der Waals surface area (Å²) in [7, 11) is 0. The number of para-hydroxylation sites is 2. The van der Waals surface area contributed by atoms with Gasteiger partial charge in [-0.1, -0.05) is 19.1 Å². The van der Waals surface area contributed by atoms with E-state index in [4.69, 9.17) is 5.73 Å². The average molecular weight is 201 g/mol. The van der Waals surface area contributed by atoms with Crippen LogP contribution >= 0.6 is 0 Å². The summed E-state index contributed by atoms with van der Waals surface area (Å²) < 4.78 is 0. The van der Waals surface area contributed by atoms with Crippen LogP contribution in [-0.4, -0.2) is 16.0 Å². The van der Waals surface area contributed by atoms with Crippen LogP contribution in [0.1, 0.15) is 25.5 Å². The minimum atomic E-state index is 0.0977. The Bertz CT molecular complexity index is 465. The molecule has 0 amide bonds. The maximum absolute atomic E-state index is 5.84. The highest BCUT2D eigenvalue weighted by atomic mass is 14.8. The molecule has 0 aliphatic heterocycles. The highest BCUT2D eigenvalue weighted by molar-refractivity contribution is 5.73. The molecule has 0 aliphatic rings. The molecule has 0 bridgehead atoms. The van der Waals surface area contributed by atoms with E-state index in [-0.39, 0.29) is 12.0 Å². The molecule has 2 unspecified atom stereocenters. The van der Waals surface area contributed by atoms with Crippen molar-refractivity contribution in [1.29, 1.82) is 0 Å². The SMILES string of the molecule is CC(N)C(C)c1cnc2ccccc2n1. The van der Waals surface area contributed by atoms with E-state index in [0.29, 0.717) is 0 Å². The third-order valence-electron chi connectivity index (χ3n) is 2.72. The quantitative estimate of drug-likeness (QED) is 0.809. The Balaban J connectivity index is 2.47. The smallest absolute Gasteiger partial charge is 0.0890 e. The lowest BCUT2D eigenvalue weighted by Crippen LogP contribution is -2.23. The fourth-order valence-corrected chi connectivity index (χ4v) is 1.46. The van der Waals surface area contributed by atoms with Crippen LogP contribution in [0.15, 0.2) is 30.5 Å². The molecule has 3 nitrogen and oxygen atoms in total. The second-order valence-electron chi connectivity index (χ2n) is 3.93. The fraction of sp³-hybridized carbons (Fsp3) is 0.333. The van der Waals surface area contributed by atoms with Crippen LogP contribution in [0.5, 0.6) is 0 Å². The Morgan fingerprint density at radius 2 is 1.80 bits per heavy atom. The summed E-state index contributed by atoms with van der Waals surface area (Å²) in [5, 5.41) is 0. The maximum atomic E-state index is 5.84. The van der Waals surface area contributed by atoms with Crippen molar-refractivity contribution in [1.82, 2.24) is 9.97 Å². The van der Waals surface area contributed by atoms with Crippen LogP contribution in [0.2, 0.25) is 0 Å². The third-order valence-corrected chi connectivity index (χ3v) is 2.72. The molecule has 0 saturated carbocycles. The Kier molecular flexibility index (Phi) is 2.64. The predicted octanol–water partition coefficient (Wildman–Crippen LogP) is 2.08. The number of hydrogen-bond acceptors (Lipinski definition) is 3. The molecule has 3 heteroatoms. The van der Waals surface area contributed by atoms with E-state index in [0.717, 1.165) is 16.7 Å². The van der Waals surface area contributed by atoms with Gasteiger partial charge in [0, 0.05) is 18.2 Å². The number of aromatic nitrogens is 2. The van der Waals surface area contributed by atoms with Crippen LogP contribution in [0.25, 0.3) is 11.0 Å². The third kappa shape index (κ3) is 1.97. The van der Waals surface area contributed by atoms with Crippen molar-refractivity contribution in [3.05, 3.63) is 36.2 Å².